The first-order valence-corrected chi connectivity index (χ1v) is 7.16. The highest BCUT2D eigenvalue weighted by Gasteiger charge is 2.16. The molecule has 4 heteroatoms. The monoisotopic (exact) mass is 292 g/mol. The molecule has 22 heavy (non-hydrogen) atoms. The van der Waals surface area contributed by atoms with Gasteiger partial charge in [-0.3, -0.25) is 4.98 Å². The average Bonchev–Trinajstić information content (AvgIpc) is 3.15. The highest BCUT2D eigenvalue weighted by molar-refractivity contribution is 6.10. The van der Waals surface area contributed by atoms with Crippen LogP contribution in [0.3, 0.4) is 0 Å². The lowest BCUT2D eigenvalue weighted by Gasteiger charge is -2.08. The largest absolute Gasteiger partial charge is 0.496 e. The summed E-state index contributed by atoms with van der Waals surface area (Å²) in [6, 6.07) is 10.1. The minimum Gasteiger partial charge on any atom is -0.496 e. The Morgan fingerprint density at radius 3 is 2.77 bits per heavy atom. The summed E-state index contributed by atoms with van der Waals surface area (Å²) in [5.41, 5.74) is 4.26. The quantitative estimate of drug-likeness (QED) is 0.553. The molecule has 110 valence electrons. The third kappa shape index (κ3) is 1.67. The van der Waals surface area contributed by atoms with Gasteiger partial charge in [0.25, 0.3) is 0 Å². The molecule has 0 aliphatic heterocycles. The van der Waals surface area contributed by atoms with Crippen LogP contribution < -0.4 is 4.74 Å². The summed E-state index contributed by atoms with van der Waals surface area (Å²) >= 11 is 0. The van der Waals surface area contributed by atoms with Crippen molar-refractivity contribution in [3.05, 3.63) is 48.5 Å². The average molecular weight is 292 g/mol. The number of ether oxygens (including phenoxy) is 1. The van der Waals surface area contributed by atoms with Crippen molar-refractivity contribution in [2.75, 3.05) is 7.11 Å². The van der Waals surface area contributed by atoms with Crippen LogP contribution in [-0.4, -0.2) is 16.7 Å². The van der Waals surface area contributed by atoms with E-state index in [2.05, 4.69) is 34.8 Å². The van der Waals surface area contributed by atoms with Gasteiger partial charge in [-0.1, -0.05) is 0 Å². The number of benzene rings is 1. The molecule has 0 saturated heterocycles. The molecule has 0 amide bonds. The zero-order valence-electron chi connectivity index (χ0n) is 12.8. The molecular weight excluding hydrogens is 276 g/mol. The molecule has 0 spiro atoms. The summed E-state index contributed by atoms with van der Waals surface area (Å²) in [7, 11) is 3.74. The first-order valence-electron chi connectivity index (χ1n) is 7.16. The summed E-state index contributed by atoms with van der Waals surface area (Å²) < 4.78 is 13.3. The molecule has 3 heterocycles. The molecular formula is C18H16N2O2. The molecule has 3 aromatic heterocycles. The van der Waals surface area contributed by atoms with Gasteiger partial charge in [-0.2, -0.15) is 0 Å². The maximum atomic E-state index is 5.57. The van der Waals surface area contributed by atoms with E-state index in [1.807, 2.05) is 25.3 Å². The van der Waals surface area contributed by atoms with E-state index < -0.39 is 0 Å². The predicted molar refractivity (Wildman–Crippen MR) is 87.2 cm³/mol. The molecule has 1 aromatic carbocycles. The molecule has 0 atom stereocenters. The van der Waals surface area contributed by atoms with E-state index in [4.69, 9.17) is 9.15 Å². The van der Waals surface area contributed by atoms with Gasteiger partial charge in [0.05, 0.1) is 35.7 Å². The third-order valence-corrected chi connectivity index (χ3v) is 4.20. The Bertz CT molecular complexity index is 982. The maximum Gasteiger partial charge on any atom is 0.137 e. The highest BCUT2D eigenvalue weighted by Crippen LogP contribution is 2.38. The van der Waals surface area contributed by atoms with Crippen molar-refractivity contribution >= 4 is 21.8 Å². The zero-order valence-corrected chi connectivity index (χ0v) is 12.8. The third-order valence-electron chi connectivity index (χ3n) is 4.20. The SMILES string of the molecule is COc1cc2c(cc1-c1ccco1)c1ccnc(C)c1n2C. The Hall–Kier alpha value is -2.75. The Kier molecular flexibility index (Phi) is 2.73. The number of methoxy groups -OCH3 is 1. The van der Waals surface area contributed by atoms with Gasteiger partial charge in [0.2, 0.25) is 0 Å². The smallest absolute Gasteiger partial charge is 0.137 e. The number of nitrogens with zero attached hydrogens (tertiary/aromatic N) is 2. The van der Waals surface area contributed by atoms with Crippen LogP contribution in [0.2, 0.25) is 0 Å². The van der Waals surface area contributed by atoms with E-state index in [9.17, 15) is 0 Å². The first-order chi connectivity index (χ1) is 10.7. The molecule has 4 nitrogen and oxygen atoms in total. The highest BCUT2D eigenvalue weighted by atomic mass is 16.5. The number of rotatable bonds is 2. The van der Waals surface area contributed by atoms with Gasteiger partial charge in [0, 0.05) is 30.1 Å². The normalized spacial score (nSPS) is 11.4. The molecule has 0 radical (unpaired) electrons. The van der Waals surface area contributed by atoms with Gasteiger partial charge in [0.1, 0.15) is 11.5 Å². The van der Waals surface area contributed by atoms with Gasteiger partial charge < -0.3 is 13.7 Å². The second kappa shape index (κ2) is 4.63. The van der Waals surface area contributed by atoms with Crippen LogP contribution in [0.15, 0.2) is 47.2 Å². The van der Waals surface area contributed by atoms with Crippen molar-refractivity contribution in [2.24, 2.45) is 7.05 Å². The van der Waals surface area contributed by atoms with Crippen molar-refractivity contribution in [1.29, 1.82) is 0 Å². The maximum absolute atomic E-state index is 5.57. The molecule has 0 aliphatic rings. The molecule has 0 fully saturated rings. The predicted octanol–water partition coefficient (Wildman–Crippen LogP) is 4.30. The number of pyridine rings is 1. The summed E-state index contributed by atoms with van der Waals surface area (Å²) in [5.74, 6) is 1.61. The van der Waals surface area contributed by atoms with Gasteiger partial charge in [-0.25, -0.2) is 0 Å². The van der Waals surface area contributed by atoms with E-state index in [0.29, 0.717) is 0 Å². The Balaban J connectivity index is 2.16. The fourth-order valence-corrected chi connectivity index (χ4v) is 3.18. The Morgan fingerprint density at radius 2 is 2.05 bits per heavy atom. The second-order valence-corrected chi connectivity index (χ2v) is 5.40. The minimum atomic E-state index is 0.805. The lowest BCUT2D eigenvalue weighted by atomic mass is 10.1. The number of hydrogen-bond acceptors (Lipinski definition) is 3. The van der Waals surface area contributed by atoms with E-state index in [-0.39, 0.29) is 0 Å². The lowest BCUT2D eigenvalue weighted by Crippen LogP contribution is -1.92. The Morgan fingerprint density at radius 1 is 1.18 bits per heavy atom. The van der Waals surface area contributed by atoms with Crippen LogP contribution in [0.1, 0.15) is 5.69 Å². The summed E-state index contributed by atoms with van der Waals surface area (Å²) in [5, 5.41) is 2.37. The van der Waals surface area contributed by atoms with E-state index in [1.165, 1.54) is 10.8 Å². The topological polar surface area (TPSA) is 40.2 Å². The standard InChI is InChI=1S/C18H16N2O2/c1-11-18-12(6-7-19-11)13-9-14(16-5-4-8-22-16)17(21-3)10-15(13)20(18)2/h4-10H,1-3H3. The van der Waals surface area contributed by atoms with Crippen LogP contribution in [0.25, 0.3) is 33.1 Å². The van der Waals surface area contributed by atoms with E-state index in [0.717, 1.165) is 33.8 Å². The fourth-order valence-electron chi connectivity index (χ4n) is 3.18. The lowest BCUT2D eigenvalue weighted by molar-refractivity contribution is 0.415. The van der Waals surface area contributed by atoms with Crippen molar-refractivity contribution in [1.82, 2.24) is 9.55 Å². The van der Waals surface area contributed by atoms with Crippen LogP contribution >= 0.6 is 0 Å². The minimum absolute atomic E-state index is 0.805. The number of furan rings is 1. The Labute approximate surface area is 127 Å². The molecule has 4 rings (SSSR count). The van der Waals surface area contributed by atoms with Crippen molar-refractivity contribution in [3.63, 3.8) is 0 Å². The number of aromatic nitrogens is 2. The summed E-state index contributed by atoms with van der Waals surface area (Å²) in [6.45, 7) is 2.03. The number of hydrogen-bond donors (Lipinski definition) is 0. The van der Waals surface area contributed by atoms with Gasteiger partial charge in [-0.15, -0.1) is 0 Å². The van der Waals surface area contributed by atoms with Crippen molar-refractivity contribution in [3.8, 4) is 17.1 Å². The molecule has 0 N–H and O–H groups in total. The number of aryl methyl sites for hydroxylation is 2. The number of fused-ring (bicyclic) bond motifs is 3. The molecule has 0 bridgehead atoms. The van der Waals surface area contributed by atoms with Crippen LogP contribution in [0, 0.1) is 6.92 Å². The molecule has 4 aromatic rings. The summed E-state index contributed by atoms with van der Waals surface area (Å²) in [4.78, 5) is 4.41. The van der Waals surface area contributed by atoms with Crippen LogP contribution in [0.5, 0.6) is 5.75 Å². The van der Waals surface area contributed by atoms with E-state index >= 15 is 0 Å². The molecule has 0 unspecified atom stereocenters. The van der Waals surface area contributed by atoms with Crippen molar-refractivity contribution in [2.45, 2.75) is 6.92 Å². The molecule has 0 aliphatic carbocycles. The van der Waals surface area contributed by atoms with Crippen LogP contribution in [0.4, 0.5) is 0 Å². The second-order valence-electron chi connectivity index (χ2n) is 5.40. The van der Waals surface area contributed by atoms with Crippen molar-refractivity contribution < 1.29 is 9.15 Å². The fraction of sp³-hybridized carbons (Fsp3) is 0.167. The first kappa shape index (κ1) is 13.0. The van der Waals surface area contributed by atoms with Crippen LogP contribution in [-0.2, 0) is 7.05 Å². The van der Waals surface area contributed by atoms with Gasteiger partial charge in [-0.05, 0) is 31.2 Å². The zero-order chi connectivity index (χ0) is 15.3. The van der Waals surface area contributed by atoms with Gasteiger partial charge >= 0.3 is 0 Å². The summed E-state index contributed by atoms with van der Waals surface area (Å²) in [6.07, 6.45) is 3.53. The molecule has 0 saturated carbocycles. The van der Waals surface area contributed by atoms with Gasteiger partial charge in [0.15, 0.2) is 0 Å². The van der Waals surface area contributed by atoms with E-state index in [1.54, 1.807) is 13.4 Å².